The normalized spacial score (nSPS) is 25.1. The van der Waals surface area contributed by atoms with Crippen molar-refractivity contribution in [3.8, 4) is 5.75 Å². The Morgan fingerprint density at radius 3 is 2.35 bits per heavy atom. The first-order valence-corrected chi connectivity index (χ1v) is 12.4. The Balaban J connectivity index is 2.00. The zero-order chi connectivity index (χ0) is 27.4. The van der Waals surface area contributed by atoms with Crippen LogP contribution in [-0.2, 0) is 20.7 Å². The van der Waals surface area contributed by atoms with Crippen LogP contribution in [0.5, 0.6) is 5.75 Å². The molecule has 3 aliphatic carbocycles. The molecule has 0 aromatic heterocycles. The summed E-state index contributed by atoms with van der Waals surface area (Å²) < 4.78 is 5.89. The van der Waals surface area contributed by atoms with Crippen molar-refractivity contribution in [3.63, 3.8) is 0 Å². The molecule has 1 saturated carbocycles. The smallest absolute Gasteiger partial charge is 0.251 e. The molecule has 0 spiro atoms. The van der Waals surface area contributed by atoms with Gasteiger partial charge < -0.3 is 40.7 Å². The Hall–Kier alpha value is -3.50. The quantitative estimate of drug-likeness (QED) is 0.344. The number of likely N-dealkylation sites (N-methyl/N-ethyl adjacent to an activating group) is 1. The fourth-order valence-corrected chi connectivity index (χ4v) is 5.84. The van der Waals surface area contributed by atoms with Crippen molar-refractivity contribution in [2.75, 3.05) is 39.7 Å². The molecule has 3 unspecified atom stereocenters. The van der Waals surface area contributed by atoms with Crippen LogP contribution in [0.4, 0.5) is 5.69 Å². The number of benzene rings is 1. The molecule has 0 heterocycles. The molecule has 1 aromatic carbocycles. The number of hydrogen-bond acceptors (Lipinski definition) is 9. The number of primary amides is 1. The highest BCUT2D eigenvalue weighted by molar-refractivity contribution is 6.13. The Morgan fingerprint density at radius 1 is 1.11 bits per heavy atom. The first-order chi connectivity index (χ1) is 17.4. The molecule has 0 radical (unpaired) electrons. The Kier molecular flexibility index (Phi) is 6.76. The first-order valence-electron chi connectivity index (χ1n) is 12.4. The summed E-state index contributed by atoms with van der Waals surface area (Å²) in [6.07, 6.45) is 0.174. The molecule has 1 amide bonds. The van der Waals surface area contributed by atoms with Gasteiger partial charge in [0, 0.05) is 46.1 Å². The average molecular weight is 514 g/mol. The lowest BCUT2D eigenvalue weighted by molar-refractivity contribution is -0.147. The highest BCUT2D eigenvalue weighted by atomic mass is 16.5. The zero-order valence-corrected chi connectivity index (χ0v) is 21.8. The summed E-state index contributed by atoms with van der Waals surface area (Å²) in [5, 5.41) is 45.3. The molecule has 1 aromatic rings. The number of carbonyl (C=O) groups is 2. The number of amides is 1. The molecule has 3 aliphatic rings. The number of Topliss-reactive ketones (excluding diaryl/α,β-unsaturated/α-hetero) is 1. The predicted octanol–water partition coefficient (Wildman–Crippen LogP) is 1.92. The third-order valence-corrected chi connectivity index (χ3v) is 7.50. The van der Waals surface area contributed by atoms with Crippen molar-refractivity contribution in [2.24, 2.45) is 11.7 Å². The number of aliphatic hydroxyl groups is 3. The lowest BCUT2D eigenvalue weighted by atomic mass is 9.61. The fourth-order valence-electron chi connectivity index (χ4n) is 5.84. The third-order valence-electron chi connectivity index (χ3n) is 7.50. The molecular weight excluding hydrogens is 478 g/mol. The standard InChI is InChI=1S/C27H35N3O7/c1-6-7-10-37-25-20(26(28)35)23(33)21(30(4)5)15-12-13-11-14-16(29(2)3)8-9-17(31)19(14)22(32)18(13)24(34)27(15,25)36/h8-9,13,25,31-33,36H,6-7,10-12H2,1-5H3,(H2,28,35). The van der Waals surface area contributed by atoms with Crippen molar-refractivity contribution in [2.45, 2.75) is 44.3 Å². The van der Waals surface area contributed by atoms with Crippen LogP contribution in [0.3, 0.4) is 0 Å². The summed E-state index contributed by atoms with van der Waals surface area (Å²) in [4.78, 5) is 30.1. The molecule has 4 rings (SSSR count). The van der Waals surface area contributed by atoms with E-state index in [1.54, 1.807) is 20.2 Å². The Labute approximate surface area is 215 Å². The number of carbonyl (C=O) groups excluding carboxylic acids is 2. The van der Waals surface area contributed by atoms with E-state index in [4.69, 9.17) is 10.5 Å². The van der Waals surface area contributed by atoms with Crippen LogP contribution in [0.25, 0.3) is 5.76 Å². The van der Waals surface area contributed by atoms with Crippen LogP contribution in [0.1, 0.15) is 37.3 Å². The van der Waals surface area contributed by atoms with Gasteiger partial charge >= 0.3 is 0 Å². The monoisotopic (exact) mass is 513 g/mol. The minimum atomic E-state index is -2.39. The van der Waals surface area contributed by atoms with Gasteiger partial charge in [0.2, 0.25) is 5.78 Å². The molecule has 37 heavy (non-hydrogen) atoms. The lowest BCUT2D eigenvalue weighted by Gasteiger charge is -2.48. The van der Waals surface area contributed by atoms with E-state index < -0.39 is 46.4 Å². The second-order valence-corrected chi connectivity index (χ2v) is 10.3. The minimum absolute atomic E-state index is 0.0441. The van der Waals surface area contributed by atoms with Gasteiger partial charge in [-0.1, -0.05) is 13.3 Å². The van der Waals surface area contributed by atoms with Gasteiger partial charge in [-0.05, 0) is 48.4 Å². The van der Waals surface area contributed by atoms with Crippen LogP contribution in [0.15, 0.2) is 40.3 Å². The molecule has 3 atom stereocenters. The first kappa shape index (κ1) is 26.6. The predicted molar refractivity (Wildman–Crippen MR) is 138 cm³/mol. The number of aromatic hydroxyl groups is 1. The van der Waals surface area contributed by atoms with E-state index in [0.717, 1.165) is 12.1 Å². The second kappa shape index (κ2) is 9.42. The van der Waals surface area contributed by atoms with Crippen LogP contribution >= 0.6 is 0 Å². The van der Waals surface area contributed by atoms with Crippen molar-refractivity contribution >= 4 is 23.1 Å². The fraction of sp³-hybridized carbons (Fsp3) is 0.481. The number of unbranched alkanes of at least 4 members (excludes halogenated alkanes) is 1. The number of phenolic OH excluding ortho intramolecular Hbond substituents is 1. The van der Waals surface area contributed by atoms with E-state index >= 15 is 0 Å². The number of ether oxygens (including phenoxy) is 1. The number of ketones is 1. The molecule has 6 N–H and O–H groups in total. The summed E-state index contributed by atoms with van der Waals surface area (Å²) in [5.41, 5.74) is 4.70. The third kappa shape index (κ3) is 3.86. The second-order valence-electron chi connectivity index (χ2n) is 10.3. The van der Waals surface area contributed by atoms with Crippen LogP contribution in [0.2, 0.25) is 0 Å². The van der Waals surface area contributed by atoms with Crippen molar-refractivity contribution in [1.82, 2.24) is 4.90 Å². The summed E-state index contributed by atoms with van der Waals surface area (Å²) >= 11 is 0. The van der Waals surface area contributed by atoms with Crippen LogP contribution < -0.4 is 10.6 Å². The number of fused-ring (bicyclic) bond motifs is 3. The van der Waals surface area contributed by atoms with E-state index in [1.165, 1.54) is 11.0 Å². The van der Waals surface area contributed by atoms with E-state index in [9.17, 15) is 30.0 Å². The van der Waals surface area contributed by atoms with Crippen molar-refractivity contribution in [1.29, 1.82) is 0 Å². The maximum Gasteiger partial charge on any atom is 0.251 e. The van der Waals surface area contributed by atoms with Crippen LogP contribution in [-0.4, -0.2) is 83.5 Å². The number of aliphatic hydroxyl groups excluding tert-OH is 2. The van der Waals surface area contributed by atoms with E-state index in [2.05, 4.69) is 0 Å². The number of phenols is 1. The number of anilines is 1. The molecule has 200 valence electrons. The molecule has 0 aliphatic heterocycles. The van der Waals surface area contributed by atoms with Gasteiger partial charge in [0.25, 0.3) is 5.91 Å². The summed E-state index contributed by atoms with van der Waals surface area (Å²) in [6, 6.07) is 3.19. The Bertz CT molecular complexity index is 1260. The number of nitrogens with zero attached hydrogens (tertiary/aromatic N) is 2. The highest BCUT2D eigenvalue weighted by Crippen LogP contribution is 2.53. The van der Waals surface area contributed by atoms with E-state index in [0.29, 0.717) is 18.4 Å². The Morgan fingerprint density at radius 2 is 1.78 bits per heavy atom. The number of nitrogens with two attached hydrogens (primary N) is 1. The summed E-state index contributed by atoms with van der Waals surface area (Å²) in [6.45, 7) is 2.04. The molecule has 10 nitrogen and oxygen atoms in total. The SMILES string of the molecule is CCCCOC1C(C(N)=O)=C(O)C(N(C)C)=C2CC3Cc4c(N(C)C)ccc(O)c4C(O)=C3C(=O)C21O. The summed E-state index contributed by atoms with van der Waals surface area (Å²) in [5.74, 6) is -3.46. The van der Waals surface area contributed by atoms with Gasteiger partial charge in [0.15, 0.2) is 5.60 Å². The van der Waals surface area contributed by atoms with Gasteiger partial charge in [0.05, 0.1) is 16.8 Å². The van der Waals surface area contributed by atoms with Gasteiger partial charge in [-0.15, -0.1) is 0 Å². The van der Waals surface area contributed by atoms with E-state index in [1.807, 2.05) is 25.9 Å². The van der Waals surface area contributed by atoms with Crippen molar-refractivity contribution in [3.05, 3.63) is 51.4 Å². The molecule has 10 heteroatoms. The average Bonchev–Trinajstić information content (AvgIpc) is 2.80. The van der Waals surface area contributed by atoms with Gasteiger partial charge in [-0.3, -0.25) is 9.59 Å². The molecular formula is C27H35N3O7. The van der Waals surface area contributed by atoms with Gasteiger partial charge in [0.1, 0.15) is 23.4 Å². The van der Waals surface area contributed by atoms with Gasteiger partial charge in [-0.25, -0.2) is 0 Å². The molecule has 0 bridgehead atoms. The highest BCUT2D eigenvalue weighted by Gasteiger charge is 2.61. The largest absolute Gasteiger partial charge is 0.507 e. The van der Waals surface area contributed by atoms with Crippen molar-refractivity contribution < 1.29 is 34.8 Å². The maximum absolute atomic E-state index is 14.2. The molecule has 1 fully saturated rings. The topological polar surface area (TPSA) is 157 Å². The van der Waals surface area contributed by atoms with Gasteiger partial charge in [-0.2, -0.15) is 0 Å². The maximum atomic E-state index is 14.2. The molecule has 0 saturated heterocycles. The minimum Gasteiger partial charge on any atom is -0.507 e. The van der Waals surface area contributed by atoms with E-state index in [-0.39, 0.29) is 41.2 Å². The lowest BCUT2D eigenvalue weighted by Crippen LogP contribution is -2.61. The van der Waals surface area contributed by atoms with Crippen LogP contribution in [0, 0.1) is 5.92 Å². The zero-order valence-electron chi connectivity index (χ0n) is 21.8. The number of hydrogen-bond donors (Lipinski definition) is 5. The summed E-state index contributed by atoms with van der Waals surface area (Å²) in [7, 11) is 6.94. The number of rotatable bonds is 7.